The van der Waals surface area contributed by atoms with Gasteiger partial charge in [0.05, 0.1) is 12.4 Å². The molecule has 0 aromatic heterocycles. The van der Waals surface area contributed by atoms with Crippen molar-refractivity contribution in [2.45, 2.75) is 57.7 Å². The van der Waals surface area contributed by atoms with Crippen molar-refractivity contribution in [2.75, 3.05) is 19.3 Å². The van der Waals surface area contributed by atoms with Crippen molar-refractivity contribution in [1.29, 1.82) is 0 Å². The van der Waals surface area contributed by atoms with Gasteiger partial charge in [-0.25, -0.2) is 17.5 Å². The lowest BCUT2D eigenvalue weighted by atomic mass is 9.86. The fourth-order valence-corrected chi connectivity index (χ4v) is 5.30. The van der Waals surface area contributed by atoms with E-state index in [1.807, 2.05) is 24.3 Å². The minimum absolute atomic E-state index is 0.0345. The van der Waals surface area contributed by atoms with Crippen LogP contribution in [0.5, 0.6) is 11.5 Å². The van der Waals surface area contributed by atoms with Crippen molar-refractivity contribution in [3.05, 3.63) is 58.9 Å². The van der Waals surface area contributed by atoms with Crippen LogP contribution in [0, 0.1) is 18.7 Å². The highest BCUT2D eigenvalue weighted by atomic mass is 32.2. The first-order chi connectivity index (χ1) is 16.7. The standard InChI is InChI=1S/C26H33FN2O5S/c1-17-22(4-3-5-23(17)27)25-12-8-19-16-21(11-13-24(19)34-25)33-20-9-6-18(7-10-20)26(30)28-14-15-29-35(2,31)32/h3-5,11,13,16,18,20,25,29H,6-10,12,14-15H2,1-2H3,(H,28,30). The van der Waals surface area contributed by atoms with Crippen LogP contribution in [0.3, 0.4) is 0 Å². The predicted molar refractivity (Wildman–Crippen MR) is 131 cm³/mol. The molecule has 1 heterocycles. The molecule has 1 fully saturated rings. The molecule has 2 aromatic carbocycles. The van der Waals surface area contributed by atoms with Crippen LogP contribution in [-0.2, 0) is 21.2 Å². The Bertz CT molecular complexity index is 1160. The maximum atomic E-state index is 14.0. The van der Waals surface area contributed by atoms with Crippen molar-refractivity contribution in [3.8, 4) is 11.5 Å². The van der Waals surface area contributed by atoms with Crippen LogP contribution in [0.1, 0.15) is 54.9 Å². The summed E-state index contributed by atoms with van der Waals surface area (Å²) < 4.78 is 50.9. The molecule has 7 nitrogen and oxygen atoms in total. The molecule has 1 unspecified atom stereocenters. The van der Waals surface area contributed by atoms with Gasteiger partial charge in [-0.05, 0) is 86.4 Å². The predicted octanol–water partition coefficient (Wildman–Crippen LogP) is 3.80. The average Bonchev–Trinajstić information content (AvgIpc) is 2.83. The summed E-state index contributed by atoms with van der Waals surface area (Å²) in [5, 5.41) is 2.80. The van der Waals surface area contributed by atoms with Crippen LogP contribution in [-0.4, -0.2) is 39.8 Å². The van der Waals surface area contributed by atoms with Gasteiger partial charge >= 0.3 is 0 Å². The van der Waals surface area contributed by atoms with Gasteiger partial charge in [0.2, 0.25) is 15.9 Å². The van der Waals surface area contributed by atoms with E-state index < -0.39 is 10.0 Å². The van der Waals surface area contributed by atoms with E-state index in [1.165, 1.54) is 6.07 Å². The van der Waals surface area contributed by atoms with Gasteiger partial charge in [-0.15, -0.1) is 0 Å². The number of benzene rings is 2. The average molecular weight is 505 g/mol. The Morgan fingerprint density at radius 3 is 2.63 bits per heavy atom. The highest BCUT2D eigenvalue weighted by molar-refractivity contribution is 7.88. The zero-order chi connectivity index (χ0) is 25.0. The van der Waals surface area contributed by atoms with Crippen LogP contribution in [0.4, 0.5) is 4.39 Å². The first-order valence-electron chi connectivity index (χ1n) is 12.1. The summed E-state index contributed by atoms with van der Waals surface area (Å²) >= 11 is 0. The molecule has 2 N–H and O–H groups in total. The van der Waals surface area contributed by atoms with E-state index in [-0.39, 0.29) is 42.9 Å². The Balaban J connectivity index is 1.26. The number of halogens is 1. The molecule has 1 atom stereocenters. The second kappa shape index (κ2) is 11.0. The van der Waals surface area contributed by atoms with Crippen molar-refractivity contribution in [1.82, 2.24) is 10.0 Å². The fourth-order valence-electron chi connectivity index (χ4n) is 4.83. The SMILES string of the molecule is Cc1c(F)cccc1C1CCc2cc(OC3CCC(C(=O)NCCNS(C)(=O)=O)CC3)ccc2O1. The molecule has 1 aliphatic heterocycles. The topological polar surface area (TPSA) is 93.7 Å². The van der Waals surface area contributed by atoms with E-state index in [9.17, 15) is 17.6 Å². The lowest BCUT2D eigenvalue weighted by Gasteiger charge is -2.30. The van der Waals surface area contributed by atoms with E-state index in [0.29, 0.717) is 5.56 Å². The summed E-state index contributed by atoms with van der Waals surface area (Å²) in [4.78, 5) is 12.4. The van der Waals surface area contributed by atoms with Gasteiger partial charge in [0.15, 0.2) is 0 Å². The van der Waals surface area contributed by atoms with Gasteiger partial charge in [0.1, 0.15) is 23.4 Å². The van der Waals surface area contributed by atoms with Crippen LogP contribution >= 0.6 is 0 Å². The number of hydrogen-bond acceptors (Lipinski definition) is 5. The molecule has 35 heavy (non-hydrogen) atoms. The van der Waals surface area contributed by atoms with Crippen molar-refractivity contribution >= 4 is 15.9 Å². The van der Waals surface area contributed by atoms with Crippen LogP contribution in [0.15, 0.2) is 36.4 Å². The van der Waals surface area contributed by atoms with E-state index in [0.717, 1.165) is 67.4 Å². The summed E-state index contributed by atoms with van der Waals surface area (Å²) in [6.45, 7) is 2.25. The quantitative estimate of drug-likeness (QED) is 0.534. The highest BCUT2D eigenvalue weighted by Crippen LogP contribution is 2.38. The maximum Gasteiger partial charge on any atom is 0.223 e. The number of carbonyl (C=O) groups is 1. The van der Waals surface area contributed by atoms with Gasteiger partial charge in [-0.2, -0.15) is 0 Å². The molecule has 1 amide bonds. The number of sulfonamides is 1. The van der Waals surface area contributed by atoms with Crippen molar-refractivity contribution in [3.63, 3.8) is 0 Å². The molecule has 2 aliphatic rings. The third kappa shape index (κ3) is 6.73. The monoisotopic (exact) mass is 504 g/mol. The minimum Gasteiger partial charge on any atom is -0.490 e. The molecular weight excluding hydrogens is 471 g/mol. The Morgan fingerprint density at radius 2 is 1.89 bits per heavy atom. The molecule has 190 valence electrons. The van der Waals surface area contributed by atoms with Gasteiger partial charge < -0.3 is 14.8 Å². The normalized spacial score (nSPS) is 22.1. The van der Waals surface area contributed by atoms with Crippen LogP contribution in [0.25, 0.3) is 0 Å². The number of hydrogen-bond donors (Lipinski definition) is 2. The Labute approximate surface area is 206 Å². The lowest BCUT2D eigenvalue weighted by Crippen LogP contribution is -2.39. The third-order valence-corrected chi connectivity index (χ3v) is 7.50. The first-order valence-corrected chi connectivity index (χ1v) is 14.0. The molecule has 4 rings (SSSR count). The fraction of sp³-hybridized carbons (Fsp3) is 0.500. The Hall–Kier alpha value is -2.65. The molecule has 1 aliphatic carbocycles. The number of rotatable bonds is 8. The number of carbonyl (C=O) groups excluding carboxylic acids is 1. The smallest absolute Gasteiger partial charge is 0.223 e. The highest BCUT2D eigenvalue weighted by Gasteiger charge is 2.28. The second-order valence-corrected chi connectivity index (χ2v) is 11.3. The number of amides is 1. The molecular formula is C26H33FN2O5S. The largest absolute Gasteiger partial charge is 0.490 e. The van der Waals surface area contributed by atoms with E-state index in [2.05, 4.69) is 10.0 Å². The maximum absolute atomic E-state index is 14.0. The number of ether oxygens (including phenoxy) is 2. The van der Waals surface area contributed by atoms with Crippen molar-refractivity contribution in [2.24, 2.45) is 5.92 Å². The summed E-state index contributed by atoms with van der Waals surface area (Å²) in [5.74, 6) is 1.29. The first kappa shape index (κ1) is 25.4. The number of nitrogens with one attached hydrogen (secondary N) is 2. The third-order valence-electron chi connectivity index (χ3n) is 6.77. The number of fused-ring (bicyclic) bond motifs is 1. The van der Waals surface area contributed by atoms with E-state index >= 15 is 0 Å². The van der Waals surface area contributed by atoms with E-state index in [1.54, 1.807) is 13.0 Å². The molecule has 0 spiro atoms. The molecule has 0 bridgehead atoms. The number of aryl methyl sites for hydroxylation is 1. The van der Waals surface area contributed by atoms with Crippen LogP contribution < -0.4 is 19.5 Å². The minimum atomic E-state index is -3.25. The summed E-state index contributed by atoms with van der Waals surface area (Å²) in [7, 11) is -3.25. The zero-order valence-corrected chi connectivity index (χ0v) is 21.0. The summed E-state index contributed by atoms with van der Waals surface area (Å²) in [5.41, 5.74) is 2.61. The second-order valence-electron chi connectivity index (χ2n) is 9.42. The van der Waals surface area contributed by atoms with Gasteiger partial charge in [0, 0.05) is 19.0 Å². The molecule has 0 radical (unpaired) electrons. The summed E-state index contributed by atoms with van der Waals surface area (Å²) in [6.07, 6.45) is 5.63. The van der Waals surface area contributed by atoms with Crippen molar-refractivity contribution < 1.29 is 27.1 Å². The molecule has 0 saturated heterocycles. The van der Waals surface area contributed by atoms with E-state index in [4.69, 9.17) is 9.47 Å². The summed E-state index contributed by atoms with van der Waals surface area (Å²) in [6, 6.07) is 11.0. The molecule has 9 heteroatoms. The Morgan fingerprint density at radius 1 is 1.11 bits per heavy atom. The van der Waals surface area contributed by atoms with Gasteiger partial charge in [-0.3, -0.25) is 4.79 Å². The lowest BCUT2D eigenvalue weighted by molar-refractivity contribution is -0.126. The van der Waals surface area contributed by atoms with Gasteiger partial charge in [0.25, 0.3) is 0 Å². The Kier molecular flexibility index (Phi) is 7.96. The molecule has 1 saturated carbocycles. The zero-order valence-electron chi connectivity index (χ0n) is 20.2. The van der Waals surface area contributed by atoms with Gasteiger partial charge in [-0.1, -0.05) is 12.1 Å². The molecule has 2 aromatic rings. The van der Waals surface area contributed by atoms with Crippen LogP contribution in [0.2, 0.25) is 0 Å².